The first kappa shape index (κ1) is 15.6. The maximum absolute atomic E-state index is 4.67. The molecule has 3 rings (SSSR count). The zero-order chi connectivity index (χ0) is 15.9. The highest BCUT2D eigenvalue weighted by molar-refractivity contribution is 7.98. The van der Waals surface area contributed by atoms with Gasteiger partial charge in [-0.15, -0.1) is 11.8 Å². The van der Waals surface area contributed by atoms with E-state index in [2.05, 4.69) is 78.6 Å². The third-order valence-electron chi connectivity index (χ3n) is 3.53. The van der Waals surface area contributed by atoms with Crippen LogP contribution in [-0.4, -0.2) is 6.21 Å². The van der Waals surface area contributed by atoms with Crippen LogP contribution in [0.15, 0.2) is 88.8 Å². The summed E-state index contributed by atoms with van der Waals surface area (Å²) in [7, 11) is 0. The molecule has 3 aromatic rings. The van der Waals surface area contributed by atoms with Crippen molar-refractivity contribution < 1.29 is 0 Å². The third-order valence-corrected chi connectivity index (χ3v) is 4.67. The van der Waals surface area contributed by atoms with Gasteiger partial charge in [0.2, 0.25) is 0 Å². The van der Waals surface area contributed by atoms with Crippen LogP contribution in [0.2, 0.25) is 0 Å². The van der Waals surface area contributed by atoms with Gasteiger partial charge < -0.3 is 0 Å². The lowest BCUT2D eigenvalue weighted by Crippen LogP contribution is -1.83. The number of rotatable bonds is 5. The van der Waals surface area contributed by atoms with E-state index >= 15 is 0 Å². The molecular weight excluding hydrogens is 298 g/mol. The monoisotopic (exact) mass is 317 g/mol. The summed E-state index contributed by atoms with van der Waals surface area (Å²) in [6, 6.07) is 27.2. The van der Waals surface area contributed by atoms with Gasteiger partial charge in [0.25, 0.3) is 0 Å². The molecule has 0 radical (unpaired) electrons. The Kier molecular flexibility index (Phi) is 5.28. The standard InChI is InChI=1S/C21H19NS/c1-17-11-13-18(14-12-17)15-22-20-9-5-6-10-21(20)23-16-19-7-3-2-4-8-19/h2-15H,16H2,1H3. The lowest BCUT2D eigenvalue weighted by molar-refractivity contribution is 1.35. The summed E-state index contributed by atoms with van der Waals surface area (Å²) in [5.74, 6) is 0.956. The smallest absolute Gasteiger partial charge is 0.0765 e. The van der Waals surface area contributed by atoms with Crippen LogP contribution in [0.4, 0.5) is 5.69 Å². The summed E-state index contributed by atoms with van der Waals surface area (Å²) in [6.45, 7) is 2.09. The van der Waals surface area contributed by atoms with Crippen LogP contribution in [0.5, 0.6) is 0 Å². The Morgan fingerprint density at radius 3 is 2.30 bits per heavy atom. The molecule has 23 heavy (non-hydrogen) atoms. The summed E-state index contributed by atoms with van der Waals surface area (Å²) in [5, 5.41) is 0. The fourth-order valence-corrected chi connectivity index (χ4v) is 3.18. The first-order valence-corrected chi connectivity index (χ1v) is 8.66. The van der Waals surface area contributed by atoms with E-state index in [0.717, 1.165) is 17.0 Å². The minimum absolute atomic E-state index is 0.956. The average molecular weight is 317 g/mol. The lowest BCUT2D eigenvalue weighted by Gasteiger charge is -2.05. The van der Waals surface area contributed by atoms with Crippen molar-refractivity contribution in [3.8, 4) is 0 Å². The van der Waals surface area contributed by atoms with Crippen LogP contribution in [0, 0.1) is 6.92 Å². The van der Waals surface area contributed by atoms with Gasteiger partial charge in [-0.25, -0.2) is 0 Å². The Balaban J connectivity index is 1.73. The van der Waals surface area contributed by atoms with Crippen LogP contribution in [0.3, 0.4) is 0 Å². The number of para-hydroxylation sites is 1. The van der Waals surface area contributed by atoms with Gasteiger partial charge in [0, 0.05) is 16.9 Å². The number of thioether (sulfide) groups is 1. The number of benzene rings is 3. The predicted molar refractivity (Wildman–Crippen MR) is 101 cm³/mol. The minimum atomic E-state index is 0.956. The molecular formula is C21H19NS. The fourth-order valence-electron chi connectivity index (χ4n) is 2.22. The molecule has 1 nitrogen and oxygen atoms in total. The van der Waals surface area contributed by atoms with Crippen molar-refractivity contribution in [1.29, 1.82) is 0 Å². The van der Waals surface area contributed by atoms with Crippen molar-refractivity contribution in [3.63, 3.8) is 0 Å². The predicted octanol–water partition coefficient (Wildman–Crippen LogP) is 6.04. The number of aryl methyl sites for hydroxylation is 1. The van der Waals surface area contributed by atoms with Crippen molar-refractivity contribution in [2.24, 2.45) is 4.99 Å². The van der Waals surface area contributed by atoms with Crippen molar-refractivity contribution >= 4 is 23.7 Å². The largest absolute Gasteiger partial charge is 0.255 e. The second kappa shape index (κ2) is 7.80. The summed E-state index contributed by atoms with van der Waals surface area (Å²) in [4.78, 5) is 5.88. The van der Waals surface area contributed by atoms with Gasteiger partial charge in [-0.3, -0.25) is 4.99 Å². The second-order valence-corrected chi connectivity index (χ2v) is 6.43. The second-order valence-electron chi connectivity index (χ2n) is 5.41. The van der Waals surface area contributed by atoms with E-state index in [0.29, 0.717) is 0 Å². The summed E-state index contributed by atoms with van der Waals surface area (Å²) in [6.07, 6.45) is 1.93. The van der Waals surface area contributed by atoms with Crippen molar-refractivity contribution in [2.75, 3.05) is 0 Å². The topological polar surface area (TPSA) is 12.4 Å². The molecule has 0 bridgehead atoms. The molecule has 0 aliphatic rings. The van der Waals surface area contributed by atoms with Crippen molar-refractivity contribution in [2.45, 2.75) is 17.6 Å². The third kappa shape index (κ3) is 4.57. The van der Waals surface area contributed by atoms with Gasteiger partial charge in [-0.05, 0) is 30.2 Å². The summed E-state index contributed by atoms with van der Waals surface area (Å²) < 4.78 is 0. The van der Waals surface area contributed by atoms with Gasteiger partial charge >= 0.3 is 0 Å². The maximum Gasteiger partial charge on any atom is 0.0765 e. The molecule has 114 valence electrons. The molecule has 0 N–H and O–H groups in total. The quantitative estimate of drug-likeness (QED) is 0.413. The van der Waals surface area contributed by atoms with E-state index in [1.54, 1.807) is 0 Å². The number of aliphatic imine (C=N–C) groups is 1. The molecule has 0 atom stereocenters. The number of hydrogen-bond donors (Lipinski definition) is 0. The number of hydrogen-bond acceptors (Lipinski definition) is 2. The molecule has 0 heterocycles. The molecule has 0 aromatic heterocycles. The molecule has 2 heteroatoms. The molecule has 0 aliphatic carbocycles. The molecule has 0 saturated carbocycles. The Hall–Kier alpha value is -2.32. The van der Waals surface area contributed by atoms with Gasteiger partial charge in [0.1, 0.15) is 0 Å². The Bertz CT molecular complexity index is 776. The van der Waals surface area contributed by atoms with E-state index in [1.165, 1.54) is 16.0 Å². The van der Waals surface area contributed by atoms with Crippen molar-refractivity contribution in [1.82, 2.24) is 0 Å². The molecule has 0 amide bonds. The summed E-state index contributed by atoms with van der Waals surface area (Å²) in [5.41, 5.74) is 4.74. The summed E-state index contributed by atoms with van der Waals surface area (Å²) >= 11 is 1.82. The van der Waals surface area contributed by atoms with Crippen LogP contribution >= 0.6 is 11.8 Å². The highest BCUT2D eigenvalue weighted by Crippen LogP contribution is 2.31. The fraction of sp³-hybridized carbons (Fsp3) is 0.0952. The normalized spacial score (nSPS) is 11.0. The Morgan fingerprint density at radius 1 is 0.826 bits per heavy atom. The highest BCUT2D eigenvalue weighted by atomic mass is 32.2. The zero-order valence-corrected chi connectivity index (χ0v) is 14.0. The van der Waals surface area contributed by atoms with Crippen LogP contribution in [0.1, 0.15) is 16.7 Å². The average Bonchev–Trinajstić information content (AvgIpc) is 2.61. The Morgan fingerprint density at radius 2 is 1.52 bits per heavy atom. The SMILES string of the molecule is Cc1ccc(C=Nc2ccccc2SCc2ccccc2)cc1. The van der Waals surface area contributed by atoms with E-state index in [-0.39, 0.29) is 0 Å². The van der Waals surface area contributed by atoms with Gasteiger partial charge in [-0.1, -0.05) is 72.3 Å². The van der Waals surface area contributed by atoms with E-state index in [9.17, 15) is 0 Å². The first-order valence-electron chi connectivity index (χ1n) is 7.68. The lowest BCUT2D eigenvalue weighted by atomic mass is 10.2. The number of nitrogens with zero attached hydrogens (tertiary/aromatic N) is 1. The van der Waals surface area contributed by atoms with Crippen LogP contribution < -0.4 is 0 Å². The minimum Gasteiger partial charge on any atom is -0.255 e. The molecule has 3 aromatic carbocycles. The molecule has 0 aliphatic heterocycles. The van der Waals surface area contributed by atoms with E-state index in [4.69, 9.17) is 0 Å². The van der Waals surface area contributed by atoms with Crippen LogP contribution in [0.25, 0.3) is 0 Å². The molecule has 0 fully saturated rings. The van der Waals surface area contributed by atoms with E-state index < -0.39 is 0 Å². The van der Waals surface area contributed by atoms with E-state index in [1.807, 2.05) is 30.1 Å². The molecule has 0 spiro atoms. The van der Waals surface area contributed by atoms with Crippen molar-refractivity contribution in [3.05, 3.63) is 95.6 Å². The zero-order valence-electron chi connectivity index (χ0n) is 13.1. The highest BCUT2D eigenvalue weighted by Gasteiger charge is 2.01. The molecule has 0 saturated heterocycles. The molecule has 0 unspecified atom stereocenters. The van der Waals surface area contributed by atoms with Gasteiger partial charge in [0.15, 0.2) is 0 Å². The van der Waals surface area contributed by atoms with Gasteiger partial charge in [0.05, 0.1) is 5.69 Å². The Labute approximate surface area is 142 Å². The maximum atomic E-state index is 4.67. The van der Waals surface area contributed by atoms with Gasteiger partial charge in [-0.2, -0.15) is 0 Å². The first-order chi connectivity index (χ1) is 11.3. The van der Waals surface area contributed by atoms with Crippen LogP contribution in [-0.2, 0) is 5.75 Å².